The van der Waals surface area contributed by atoms with Crippen LogP contribution in [-0.2, 0) is 6.18 Å². The van der Waals surface area contributed by atoms with E-state index in [1.54, 1.807) is 0 Å². The van der Waals surface area contributed by atoms with Crippen molar-refractivity contribution in [3.8, 4) is 0 Å². The lowest BCUT2D eigenvalue weighted by Crippen LogP contribution is -2.08. The van der Waals surface area contributed by atoms with Gasteiger partial charge in [-0.2, -0.15) is 13.2 Å². The SMILES string of the molecule is Fc1cc(Br)c2[nH]c(S)cc2c1C(F)(F)F. The molecule has 0 fully saturated rings. The van der Waals surface area contributed by atoms with Crippen LogP contribution in [0.15, 0.2) is 21.6 Å². The summed E-state index contributed by atoms with van der Waals surface area (Å²) >= 11 is 6.89. The van der Waals surface area contributed by atoms with Crippen LogP contribution in [0.2, 0.25) is 0 Å². The number of fused-ring (bicyclic) bond motifs is 1. The van der Waals surface area contributed by atoms with E-state index in [0.717, 1.165) is 12.1 Å². The largest absolute Gasteiger partial charge is 0.419 e. The summed E-state index contributed by atoms with van der Waals surface area (Å²) in [7, 11) is 0. The molecule has 2 rings (SSSR count). The van der Waals surface area contributed by atoms with Crippen LogP contribution in [0, 0.1) is 5.82 Å². The first-order chi connectivity index (χ1) is 7.30. The second-order valence-corrected chi connectivity index (χ2v) is 4.49. The van der Waals surface area contributed by atoms with Crippen LogP contribution in [0.4, 0.5) is 17.6 Å². The van der Waals surface area contributed by atoms with Crippen LogP contribution in [0.3, 0.4) is 0 Å². The van der Waals surface area contributed by atoms with E-state index >= 15 is 0 Å². The van der Waals surface area contributed by atoms with Gasteiger partial charge in [0.25, 0.3) is 0 Å². The van der Waals surface area contributed by atoms with Gasteiger partial charge in [0.2, 0.25) is 0 Å². The molecule has 1 heterocycles. The summed E-state index contributed by atoms with van der Waals surface area (Å²) in [5.74, 6) is -1.31. The fourth-order valence-corrected chi connectivity index (χ4v) is 2.25. The fourth-order valence-electron chi connectivity index (χ4n) is 1.50. The molecular formula is C9H4BrF4NS. The molecule has 0 amide bonds. The average molecular weight is 314 g/mol. The maximum atomic E-state index is 13.3. The van der Waals surface area contributed by atoms with Crippen LogP contribution in [0.25, 0.3) is 10.9 Å². The van der Waals surface area contributed by atoms with E-state index in [1.165, 1.54) is 0 Å². The zero-order valence-corrected chi connectivity index (χ0v) is 9.97. The van der Waals surface area contributed by atoms with Gasteiger partial charge >= 0.3 is 6.18 Å². The number of alkyl halides is 3. The third-order valence-electron chi connectivity index (χ3n) is 2.09. The molecule has 2 aromatic rings. The van der Waals surface area contributed by atoms with Crippen molar-refractivity contribution in [2.45, 2.75) is 11.2 Å². The Morgan fingerprint density at radius 3 is 2.44 bits per heavy atom. The van der Waals surface area contributed by atoms with E-state index < -0.39 is 17.6 Å². The number of hydrogen-bond donors (Lipinski definition) is 2. The quantitative estimate of drug-likeness (QED) is 0.530. The zero-order chi connectivity index (χ0) is 12.1. The van der Waals surface area contributed by atoms with E-state index in [2.05, 4.69) is 33.5 Å². The van der Waals surface area contributed by atoms with Crippen LogP contribution in [0.5, 0.6) is 0 Å². The molecule has 0 bridgehead atoms. The number of H-pyrrole nitrogens is 1. The summed E-state index contributed by atoms with van der Waals surface area (Å²) in [6, 6.07) is 1.93. The van der Waals surface area contributed by atoms with Gasteiger partial charge < -0.3 is 4.98 Å². The van der Waals surface area contributed by atoms with Gasteiger partial charge in [0, 0.05) is 9.86 Å². The number of aromatic nitrogens is 1. The smallest absolute Gasteiger partial charge is 0.349 e. The molecule has 0 aliphatic heterocycles. The van der Waals surface area contributed by atoms with E-state index in [9.17, 15) is 17.6 Å². The number of aromatic amines is 1. The van der Waals surface area contributed by atoms with E-state index in [1.807, 2.05) is 0 Å². The topological polar surface area (TPSA) is 15.8 Å². The Bertz CT molecular complexity index is 561. The first kappa shape index (κ1) is 11.8. The standard InChI is InChI=1S/C9H4BrF4NS/c10-4-2-5(11)7(9(12,13)14)3-1-6(16)15-8(3)4/h1-2,15-16H. The summed E-state index contributed by atoms with van der Waals surface area (Å²) in [6.07, 6.45) is -4.73. The van der Waals surface area contributed by atoms with Gasteiger partial charge in [0.1, 0.15) is 11.4 Å². The molecule has 86 valence electrons. The Kier molecular flexibility index (Phi) is 2.70. The fraction of sp³-hybridized carbons (Fsp3) is 0.111. The molecule has 0 aliphatic rings. The molecule has 7 heteroatoms. The van der Waals surface area contributed by atoms with Crippen LogP contribution < -0.4 is 0 Å². The maximum absolute atomic E-state index is 13.3. The molecule has 0 aliphatic carbocycles. The number of hydrogen-bond acceptors (Lipinski definition) is 1. The Morgan fingerprint density at radius 1 is 1.25 bits per heavy atom. The van der Waals surface area contributed by atoms with E-state index in [0.29, 0.717) is 0 Å². The predicted molar refractivity (Wildman–Crippen MR) is 58.2 cm³/mol. The lowest BCUT2D eigenvalue weighted by molar-refractivity contribution is -0.138. The van der Waals surface area contributed by atoms with Crippen molar-refractivity contribution in [3.05, 3.63) is 28.0 Å². The number of rotatable bonds is 0. The number of benzene rings is 1. The first-order valence-electron chi connectivity index (χ1n) is 4.07. The van der Waals surface area contributed by atoms with E-state index in [-0.39, 0.29) is 20.4 Å². The van der Waals surface area contributed by atoms with Crippen molar-refractivity contribution in [3.63, 3.8) is 0 Å². The molecule has 1 aromatic carbocycles. The second kappa shape index (κ2) is 3.66. The summed E-state index contributed by atoms with van der Waals surface area (Å²) < 4.78 is 51.4. The number of nitrogens with one attached hydrogen (secondary N) is 1. The highest BCUT2D eigenvalue weighted by Gasteiger charge is 2.37. The molecule has 0 saturated heterocycles. The van der Waals surface area contributed by atoms with Crippen molar-refractivity contribution in [2.75, 3.05) is 0 Å². The van der Waals surface area contributed by atoms with Gasteiger partial charge in [-0.25, -0.2) is 4.39 Å². The van der Waals surface area contributed by atoms with Gasteiger partial charge in [0.05, 0.1) is 10.5 Å². The predicted octanol–water partition coefficient (Wildman–Crippen LogP) is 4.38. The number of halogens is 5. The van der Waals surface area contributed by atoms with Gasteiger partial charge in [-0.1, -0.05) is 0 Å². The Morgan fingerprint density at radius 2 is 1.88 bits per heavy atom. The van der Waals surface area contributed by atoms with Crippen molar-refractivity contribution >= 4 is 39.5 Å². The van der Waals surface area contributed by atoms with Crippen molar-refractivity contribution in [2.24, 2.45) is 0 Å². The minimum absolute atomic E-state index is 0.179. The third kappa shape index (κ3) is 1.82. The summed E-state index contributed by atoms with van der Waals surface area (Å²) in [5, 5.41) is 0.0103. The molecule has 1 nitrogen and oxygen atoms in total. The Hall–Kier alpha value is -0.690. The zero-order valence-electron chi connectivity index (χ0n) is 7.49. The van der Waals surface area contributed by atoms with Crippen molar-refractivity contribution in [1.29, 1.82) is 0 Å². The van der Waals surface area contributed by atoms with Gasteiger partial charge in [-0.05, 0) is 28.1 Å². The van der Waals surface area contributed by atoms with Crippen molar-refractivity contribution in [1.82, 2.24) is 4.98 Å². The normalized spacial score (nSPS) is 12.4. The van der Waals surface area contributed by atoms with Gasteiger partial charge in [-0.15, -0.1) is 12.6 Å². The highest BCUT2D eigenvalue weighted by atomic mass is 79.9. The molecule has 0 atom stereocenters. The maximum Gasteiger partial charge on any atom is 0.419 e. The molecule has 1 aromatic heterocycles. The highest BCUT2D eigenvalue weighted by molar-refractivity contribution is 9.10. The average Bonchev–Trinajstić information content (AvgIpc) is 2.43. The van der Waals surface area contributed by atoms with E-state index in [4.69, 9.17) is 0 Å². The first-order valence-corrected chi connectivity index (χ1v) is 5.31. The van der Waals surface area contributed by atoms with Crippen LogP contribution >= 0.6 is 28.6 Å². The molecule has 0 unspecified atom stereocenters. The minimum Gasteiger partial charge on any atom is -0.349 e. The van der Waals surface area contributed by atoms with Crippen molar-refractivity contribution < 1.29 is 17.6 Å². The van der Waals surface area contributed by atoms with Gasteiger partial charge in [0.15, 0.2) is 0 Å². The van der Waals surface area contributed by atoms with Crippen LogP contribution in [-0.4, -0.2) is 4.98 Å². The summed E-state index contributed by atoms with van der Waals surface area (Å²) in [5.41, 5.74) is -1.10. The molecule has 0 spiro atoms. The number of thiol groups is 1. The molecule has 1 N–H and O–H groups in total. The van der Waals surface area contributed by atoms with Crippen LogP contribution in [0.1, 0.15) is 5.56 Å². The molecular weight excluding hydrogens is 310 g/mol. The second-order valence-electron chi connectivity index (χ2n) is 3.16. The Labute approximate surface area is 101 Å². The van der Waals surface area contributed by atoms with Gasteiger partial charge in [-0.3, -0.25) is 0 Å². The summed E-state index contributed by atoms with van der Waals surface area (Å²) in [4.78, 5) is 2.62. The molecule has 16 heavy (non-hydrogen) atoms. The highest BCUT2D eigenvalue weighted by Crippen LogP contribution is 2.40. The Balaban J connectivity index is 2.92. The lowest BCUT2D eigenvalue weighted by Gasteiger charge is -2.10. The minimum atomic E-state index is -4.73. The lowest BCUT2D eigenvalue weighted by atomic mass is 10.1. The monoisotopic (exact) mass is 313 g/mol. The third-order valence-corrected chi connectivity index (χ3v) is 2.95. The molecule has 0 radical (unpaired) electrons. The summed E-state index contributed by atoms with van der Waals surface area (Å²) in [6.45, 7) is 0. The molecule has 0 saturated carbocycles.